The molecule has 2 rings (SSSR count). The summed E-state index contributed by atoms with van der Waals surface area (Å²) in [5.74, 6) is -0.731. The van der Waals surface area contributed by atoms with Crippen LogP contribution in [0, 0.1) is 5.41 Å². The topological polar surface area (TPSA) is 40.5 Å². The molecular formula is C16H23NO2. The van der Waals surface area contributed by atoms with Gasteiger partial charge in [0.2, 0.25) is 0 Å². The maximum Gasteiger partial charge on any atom is 0.303 e. The van der Waals surface area contributed by atoms with E-state index in [2.05, 4.69) is 30.9 Å². The van der Waals surface area contributed by atoms with Gasteiger partial charge in [-0.3, -0.25) is 4.79 Å². The molecule has 19 heavy (non-hydrogen) atoms. The molecular weight excluding hydrogens is 238 g/mol. The minimum atomic E-state index is -0.731. The van der Waals surface area contributed by atoms with Gasteiger partial charge in [0.05, 0.1) is 0 Å². The highest BCUT2D eigenvalue weighted by molar-refractivity contribution is 5.67. The molecule has 1 aromatic rings. The second-order valence-electron chi connectivity index (χ2n) is 5.63. The van der Waals surface area contributed by atoms with E-state index in [0.29, 0.717) is 11.8 Å². The van der Waals surface area contributed by atoms with Crippen molar-refractivity contribution in [2.45, 2.75) is 39.5 Å². The summed E-state index contributed by atoms with van der Waals surface area (Å²) in [6.45, 7) is 6.79. The monoisotopic (exact) mass is 261 g/mol. The molecule has 1 N–H and O–H groups in total. The largest absolute Gasteiger partial charge is 0.481 e. The van der Waals surface area contributed by atoms with Gasteiger partial charge in [-0.25, -0.2) is 0 Å². The SMILES string of the molecule is CCC1(CC)CN(c2cccc(CCC(=O)O)c2)C1. The number of rotatable bonds is 6. The number of anilines is 1. The van der Waals surface area contributed by atoms with E-state index >= 15 is 0 Å². The van der Waals surface area contributed by atoms with E-state index in [1.165, 1.54) is 18.5 Å². The Morgan fingerprint density at radius 1 is 1.32 bits per heavy atom. The van der Waals surface area contributed by atoms with Gasteiger partial charge in [0.15, 0.2) is 0 Å². The summed E-state index contributed by atoms with van der Waals surface area (Å²) in [6.07, 6.45) is 3.29. The number of hydrogen-bond acceptors (Lipinski definition) is 2. The molecule has 1 saturated heterocycles. The summed E-state index contributed by atoms with van der Waals surface area (Å²) in [4.78, 5) is 13.0. The molecule has 0 saturated carbocycles. The Kier molecular flexibility index (Phi) is 4.13. The van der Waals surface area contributed by atoms with E-state index < -0.39 is 5.97 Å². The summed E-state index contributed by atoms with van der Waals surface area (Å²) in [7, 11) is 0. The highest BCUT2D eigenvalue weighted by Crippen LogP contribution is 2.39. The van der Waals surface area contributed by atoms with Crippen molar-refractivity contribution in [3.05, 3.63) is 29.8 Å². The number of carbonyl (C=O) groups is 1. The third-order valence-electron chi connectivity index (χ3n) is 4.46. The van der Waals surface area contributed by atoms with Crippen molar-refractivity contribution in [2.24, 2.45) is 5.41 Å². The summed E-state index contributed by atoms with van der Waals surface area (Å²) in [6, 6.07) is 8.31. The Bertz CT molecular complexity index is 444. The zero-order valence-electron chi connectivity index (χ0n) is 11.9. The van der Waals surface area contributed by atoms with Crippen LogP contribution in [0.1, 0.15) is 38.7 Å². The summed E-state index contributed by atoms with van der Waals surface area (Å²) in [5, 5.41) is 8.73. The Hall–Kier alpha value is -1.51. The van der Waals surface area contributed by atoms with Crippen LogP contribution in [0.4, 0.5) is 5.69 Å². The van der Waals surface area contributed by atoms with Crippen molar-refractivity contribution < 1.29 is 9.90 Å². The number of carboxylic acid groups (broad SMARTS) is 1. The average Bonchev–Trinajstić information content (AvgIpc) is 2.37. The van der Waals surface area contributed by atoms with E-state index in [9.17, 15) is 4.79 Å². The lowest BCUT2D eigenvalue weighted by atomic mass is 9.75. The van der Waals surface area contributed by atoms with Gasteiger partial charge in [-0.2, -0.15) is 0 Å². The number of hydrogen-bond donors (Lipinski definition) is 1. The highest BCUT2D eigenvalue weighted by Gasteiger charge is 2.39. The van der Waals surface area contributed by atoms with E-state index in [1.807, 2.05) is 12.1 Å². The summed E-state index contributed by atoms with van der Waals surface area (Å²) in [5.41, 5.74) is 2.85. The van der Waals surface area contributed by atoms with Crippen molar-refractivity contribution >= 4 is 11.7 Å². The lowest BCUT2D eigenvalue weighted by Gasteiger charge is -2.51. The van der Waals surface area contributed by atoms with Gasteiger partial charge < -0.3 is 10.0 Å². The van der Waals surface area contributed by atoms with Gasteiger partial charge in [0.25, 0.3) is 0 Å². The fourth-order valence-corrected chi connectivity index (χ4v) is 2.80. The Morgan fingerprint density at radius 3 is 2.58 bits per heavy atom. The first-order valence-corrected chi connectivity index (χ1v) is 7.14. The van der Waals surface area contributed by atoms with E-state index in [1.54, 1.807) is 0 Å². The van der Waals surface area contributed by atoms with Crippen LogP contribution in [0.2, 0.25) is 0 Å². The summed E-state index contributed by atoms with van der Waals surface area (Å²) < 4.78 is 0. The van der Waals surface area contributed by atoms with Crippen LogP contribution in [0.5, 0.6) is 0 Å². The predicted molar refractivity (Wildman–Crippen MR) is 77.6 cm³/mol. The molecule has 0 unspecified atom stereocenters. The van der Waals surface area contributed by atoms with Crippen molar-refractivity contribution in [1.29, 1.82) is 0 Å². The van der Waals surface area contributed by atoms with Gasteiger partial charge >= 0.3 is 5.97 Å². The number of benzene rings is 1. The molecule has 1 fully saturated rings. The van der Waals surface area contributed by atoms with Crippen LogP contribution < -0.4 is 4.90 Å². The van der Waals surface area contributed by atoms with Crippen LogP contribution in [0.15, 0.2) is 24.3 Å². The first-order chi connectivity index (χ1) is 9.08. The van der Waals surface area contributed by atoms with E-state index in [-0.39, 0.29) is 6.42 Å². The fourth-order valence-electron chi connectivity index (χ4n) is 2.80. The number of aliphatic carboxylic acids is 1. The Labute approximate surface area is 115 Å². The lowest BCUT2D eigenvalue weighted by molar-refractivity contribution is -0.136. The number of nitrogens with zero attached hydrogens (tertiary/aromatic N) is 1. The van der Waals surface area contributed by atoms with Gasteiger partial charge in [-0.1, -0.05) is 26.0 Å². The second-order valence-corrected chi connectivity index (χ2v) is 5.63. The third-order valence-corrected chi connectivity index (χ3v) is 4.46. The zero-order chi connectivity index (χ0) is 13.9. The molecule has 1 aliphatic rings. The average molecular weight is 261 g/mol. The molecule has 1 aliphatic heterocycles. The van der Waals surface area contributed by atoms with Gasteiger partial charge in [0.1, 0.15) is 0 Å². The van der Waals surface area contributed by atoms with Crippen molar-refractivity contribution in [2.75, 3.05) is 18.0 Å². The number of aryl methyl sites for hydroxylation is 1. The molecule has 3 nitrogen and oxygen atoms in total. The molecule has 0 aromatic heterocycles. The van der Waals surface area contributed by atoms with Crippen LogP contribution in [0.3, 0.4) is 0 Å². The zero-order valence-corrected chi connectivity index (χ0v) is 11.9. The maximum atomic E-state index is 10.6. The number of carboxylic acids is 1. The van der Waals surface area contributed by atoms with E-state index in [4.69, 9.17) is 5.11 Å². The highest BCUT2D eigenvalue weighted by atomic mass is 16.4. The first-order valence-electron chi connectivity index (χ1n) is 7.14. The van der Waals surface area contributed by atoms with E-state index in [0.717, 1.165) is 18.7 Å². The normalized spacial score (nSPS) is 17.1. The minimum absolute atomic E-state index is 0.206. The molecule has 1 aromatic carbocycles. The molecule has 0 aliphatic carbocycles. The molecule has 1 heterocycles. The standard InChI is InChI=1S/C16H23NO2/c1-3-16(4-2)11-17(12-16)14-7-5-6-13(10-14)8-9-15(18)19/h5-7,10H,3-4,8-9,11-12H2,1-2H3,(H,18,19). The van der Waals surface area contributed by atoms with Crippen molar-refractivity contribution in [1.82, 2.24) is 0 Å². The van der Waals surface area contributed by atoms with Gasteiger partial charge in [-0.05, 0) is 37.0 Å². The van der Waals surface area contributed by atoms with Crippen LogP contribution in [-0.4, -0.2) is 24.2 Å². The lowest BCUT2D eigenvalue weighted by Crippen LogP contribution is -2.55. The molecule has 0 bridgehead atoms. The van der Waals surface area contributed by atoms with Crippen molar-refractivity contribution in [3.8, 4) is 0 Å². The smallest absolute Gasteiger partial charge is 0.303 e. The van der Waals surface area contributed by atoms with Crippen LogP contribution >= 0.6 is 0 Å². The molecule has 0 amide bonds. The fraction of sp³-hybridized carbons (Fsp3) is 0.562. The first kappa shape index (κ1) is 13.9. The van der Waals surface area contributed by atoms with Crippen LogP contribution in [-0.2, 0) is 11.2 Å². The second kappa shape index (κ2) is 5.64. The Balaban J connectivity index is 1.99. The van der Waals surface area contributed by atoms with Crippen LogP contribution in [0.25, 0.3) is 0 Å². The quantitative estimate of drug-likeness (QED) is 0.854. The van der Waals surface area contributed by atoms with Gasteiger partial charge in [0, 0.05) is 30.6 Å². The Morgan fingerprint density at radius 2 is 2.00 bits per heavy atom. The molecule has 0 radical (unpaired) electrons. The molecule has 3 heteroatoms. The maximum absolute atomic E-state index is 10.6. The van der Waals surface area contributed by atoms with Crippen molar-refractivity contribution in [3.63, 3.8) is 0 Å². The predicted octanol–water partition coefficient (Wildman–Crippen LogP) is 3.33. The molecule has 104 valence electrons. The minimum Gasteiger partial charge on any atom is -0.481 e. The van der Waals surface area contributed by atoms with Gasteiger partial charge in [-0.15, -0.1) is 0 Å². The molecule has 0 atom stereocenters. The molecule has 0 spiro atoms. The summed E-state index contributed by atoms with van der Waals surface area (Å²) >= 11 is 0. The third kappa shape index (κ3) is 3.09.